The van der Waals surface area contributed by atoms with E-state index in [0.717, 1.165) is 37.3 Å². The number of carbonyl (C=O) groups is 2. The van der Waals surface area contributed by atoms with Crippen molar-refractivity contribution in [3.05, 3.63) is 47.0 Å². The van der Waals surface area contributed by atoms with Crippen LogP contribution in [0.2, 0.25) is 0 Å². The SMILES string of the molecule is CC(C)C(=O)n1ccc(N2COC3=C2NCC(C(=O)N2CCCC24CCO4)=C3)cc1=N. The van der Waals surface area contributed by atoms with Gasteiger partial charge in [0.1, 0.15) is 11.2 Å². The minimum Gasteiger partial charge on any atom is -0.469 e. The molecule has 4 aliphatic rings. The van der Waals surface area contributed by atoms with Gasteiger partial charge in [-0.05, 0) is 25.0 Å². The number of rotatable bonds is 3. The average Bonchev–Trinajstić information content (AvgIpc) is 3.36. The zero-order valence-electron chi connectivity index (χ0n) is 17.8. The van der Waals surface area contributed by atoms with Gasteiger partial charge in [0.2, 0.25) is 5.91 Å². The summed E-state index contributed by atoms with van der Waals surface area (Å²) in [5.41, 5.74) is 1.13. The number of hydrogen-bond donors (Lipinski definition) is 2. The lowest BCUT2D eigenvalue weighted by molar-refractivity contribution is -0.218. The number of likely N-dealkylation sites (tertiary alicyclic amines) is 1. The molecule has 164 valence electrons. The van der Waals surface area contributed by atoms with Crippen molar-refractivity contribution in [2.75, 3.05) is 31.3 Å². The van der Waals surface area contributed by atoms with Crippen LogP contribution in [0.5, 0.6) is 0 Å². The number of pyridine rings is 1. The lowest BCUT2D eigenvalue weighted by Crippen LogP contribution is -2.57. The maximum atomic E-state index is 13.1. The zero-order valence-corrected chi connectivity index (χ0v) is 17.8. The quantitative estimate of drug-likeness (QED) is 0.761. The van der Waals surface area contributed by atoms with Crippen molar-refractivity contribution >= 4 is 17.5 Å². The highest BCUT2D eigenvalue weighted by atomic mass is 16.5. The van der Waals surface area contributed by atoms with Crippen LogP contribution in [0.15, 0.2) is 41.6 Å². The first-order chi connectivity index (χ1) is 14.9. The Morgan fingerprint density at radius 3 is 2.77 bits per heavy atom. The Kier molecular flexibility index (Phi) is 4.65. The van der Waals surface area contributed by atoms with Crippen molar-refractivity contribution in [3.8, 4) is 0 Å². The number of anilines is 1. The van der Waals surface area contributed by atoms with Crippen molar-refractivity contribution in [2.45, 2.75) is 38.8 Å². The third-order valence-electron chi connectivity index (χ3n) is 6.41. The Balaban J connectivity index is 1.37. The Bertz CT molecular complexity index is 1070. The van der Waals surface area contributed by atoms with Crippen molar-refractivity contribution in [3.63, 3.8) is 0 Å². The highest BCUT2D eigenvalue weighted by Gasteiger charge is 2.50. The van der Waals surface area contributed by atoms with Crippen molar-refractivity contribution < 1.29 is 19.1 Å². The van der Waals surface area contributed by atoms with Gasteiger partial charge in [0.05, 0.1) is 12.3 Å². The number of nitrogens with one attached hydrogen (secondary N) is 2. The molecule has 0 bridgehead atoms. The summed E-state index contributed by atoms with van der Waals surface area (Å²) in [5.74, 6) is 1.07. The van der Waals surface area contributed by atoms with Gasteiger partial charge in [0.25, 0.3) is 5.91 Å². The molecule has 0 radical (unpaired) electrons. The van der Waals surface area contributed by atoms with Gasteiger partial charge in [-0.2, -0.15) is 0 Å². The van der Waals surface area contributed by atoms with Gasteiger partial charge in [-0.1, -0.05) is 13.8 Å². The molecule has 4 aliphatic heterocycles. The second-order valence-corrected chi connectivity index (χ2v) is 8.68. The molecule has 1 unspecified atom stereocenters. The number of allylic oxidation sites excluding steroid dienone is 1. The maximum Gasteiger partial charge on any atom is 0.253 e. The molecule has 1 atom stereocenters. The first kappa shape index (κ1) is 19.9. The van der Waals surface area contributed by atoms with E-state index in [1.165, 1.54) is 4.57 Å². The topological polar surface area (TPSA) is 99.9 Å². The smallest absolute Gasteiger partial charge is 0.253 e. The molecule has 1 amide bonds. The van der Waals surface area contributed by atoms with E-state index in [2.05, 4.69) is 5.32 Å². The van der Waals surface area contributed by atoms with Gasteiger partial charge < -0.3 is 19.7 Å². The molecule has 0 saturated carbocycles. The van der Waals surface area contributed by atoms with Gasteiger partial charge in [-0.15, -0.1) is 0 Å². The van der Waals surface area contributed by atoms with Crippen LogP contribution in [-0.2, 0) is 14.3 Å². The van der Waals surface area contributed by atoms with Crippen LogP contribution in [0.3, 0.4) is 0 Å². The molecule has 2 fully saturated rings. The van der Waals surface area contributed by atoms with Crippen LogP contribution in [-0.4, -0.2) is 53.4 Å². The largest absolute Gasteiger partial charge is 0.469 e. The van der Waals surface area contributed by atoms with E-state index in [1.807, 2.05) is 29.7 Å². The number of amides is 1. The van der Waals surface area contributed by atoms with Crippen LogP contribution >= 0.6 is 0 Å². The van der Waals surface area contributed by atoms with Gasteiger partial charge in [-0.25, -0.2) is 0 Å². The number of dihydropyridines is 1. The van der Waals surface area contributed by atoms with Gasteiger partial charge in [0, 0.05) is 43.3 Å². The summed E-state index contributed by atoms with van der Waals surface area (Å²) < 4.78 is 13.0. The molecule has 5 heterocycles. The molecule has 5 rings (SSSR count). The number of nitrogens with zero attached hydrogens (tertiary/aromatic N) is 3. The molecular weight excluding hydrogens is 398 g/mol. The lowest BCUT2D eigenvalue weighted by Gasteiger charge is -2.45. The molecule has 1 aromatic heterocycles. The first-order valence-corrected chi connectivity index (χ1v) is 10.8. The molecule has 0 aromatic carbocycles. The van der Waals surface area contributed by atoms with Gasteiger partial charge >= 0.3 is 0 Å². The van der Waals surface area contributed by atoms with E-state index >= 15 is 0 Å². The molecular formula is C22H27N5O4. The highest BCUT2D eigenvalue weighted by molar-refractivity contribution is 5.95. The van der Waals surface area contributed by atoms with E-state index < -0.39 is 5.72 Å². The molecule has 9 nitrogen and oxygen atoms in total. The Labute approximate surface area is 180 Å². The van der Waals surface area contributed by atoms with Crippen LogP contribution < -0.4 is 15.7 Å². The molecule has 1 spiro atoms. The minimum atomic E-state index is -0.396. The van der Waals surface area contributed by atoms with E-state index in [0.29, 0.717) is 24.5 Å². The first-order valence-electron chi connectivity index (χ1n) is 10.8. The second kappa shape index (κ2) is 7.26. The molecule has 1 aromatic rings. The monoisotopic (exact) mass is 425 g/mol. The normalized spacial score (nSPS) is 24.7. The minimum absolute atomic E-state index is 0.000282. The fraction of sp³-hybridized carbons (Fsp3) is 0.500. The molecule has 2 saturated heterocycles. The summed E-state index contributed by atoms with van der Waals surface area (Å²) in [5, 5.41) is 11.6. The van der Waals surface area contributed by atoms with E-state index in [4.69, 9.17) is 14.9 Å². The Hall–Kier alpha value is -3.07. The summed E-state index contributed by atoms with van der Waals surface area (Å²) in [4.78, 5) is 29.1. The molecule has 0 aliphatic carbocycles. The zero-order chi connectivity index (χ0) is 21.8. The predicted molar refractivity (Wildman–Crippen MR) is 112 cm³/mol. The van der Waals surface area contributed by atoms with Crippen LogP contribution in [0.4, 0.5) is 5.69 Å². The molecule has 31 heavy (non-hydrogen) atoms. The van der Waals surface area contributed by atoms with Gasteiger partial charge in [0.15, 0.2) is 18.3 Å². The van der Waals surface area contributed by atoms with Crippen LogP contribution in [0.1, 0.15) is 37.9 Å². The Morgan fingerprint density at radius 2 is 2.10 bits per heavy atom. The summed E-state index contributed by atoms with van der Waals surface area (Å²) in [6, 6.07) is 3.44. The summed E-state index contributed by atoms with van der Waals surface area (Å²) in [6.45, 7) is 5.73. The van der Waals surface area contributed by atoms with Crippen molar-refractivity contribution in [2.24, 2.45) is 5.92 Å². The van der Waals surface area contributed by atoms with Crippen LogP contribution in [0.25, 0.3) is 0 Å². The average molecular weight is 425 g/mol. The third kappa shape index (κ3) is 3.15. The Morgan fingerprint density at radius 1 is 1.29 bits per heavy atom. The number of aromatic nitrogens is 1. The number of ether oxygens (including phenoxy) is 2. The fourth-order valence-corrected chi connectivity index (χ4v) is 4.61. The predicted octanol–water partition coefficient (Wildman–Crippen LogP) is 1.50. The van der Waals surface area contributed by atoms with E-state index in [1.54, 1.807) is 18.3 Å². The summed E-state index contributed by atoms with van der Waals surface area (Å²) in [7, 11) is 0. The standard InChI is InChI=1S/C22H27N5O4/c1-14(2)20(28)25-8-4-16(11-18(25)23)26-13-30-17-10-15(12-24-19(17)26)21(29)27-7-3-5-22(27)6-9-31-22/h4,8,10-11,14,23-24H,3,5-7,9,12-13H2,1-2H3. The van der Waals surface area contributed by atoms with Crippen LogP contribution in [0, 0.1) is 11.3 Å². The van der Waals surface area contributed by atoms with E-state index in [9.17, 15) is 9.59 Å². The maximum absolute atomic E-state index is 13.1. The second-order valence-electron chi connectivity index (χ2n) is 8.68. The van der Waals surface area contributed by atoms with Crippen molar-refractivity contribution in [1.29, 1.82) is 5.41 Å². The number of carbonyl (C=O) groups excluding carboxylic acids is 2. The number of hydrogen-bond acceptors (Lipinski definition) is 7. The molecule has 9 heteroatoms. The molecule has 2 N–H and O–H groups in total. The summed E-state index contributed by atoms with van der Waals surface area (Å²) in [6.07, 6.45) is 6.21. The van der Waals surface area contributed by atoms with Crippen molar-refractivity contribution in [1.82, 2.24) is 14.8 Å². The summed E-state index contributed by atoms with van der Waals surface area (Å²) >= 11 is 0. The fourth-order valence-electron chi connectivity index (χ4n) is 4.61. The van der Waals surface area contributed by atoms with Gasteiger partial charge in [-0.3, -0.25) is 24.5 Å². The lowest BCUT2D eigenvalue weighted by atomic mass is 10.0. The highest BCUT2D eigenvalue weighted by Crippen LogP contribution is 2.41. The van der Waals surface area contributed by atoms with E-state index in [-0.39, 0.29) is 30.0 Å². The third-order valence-corrected chi connectivity index (χ3v) is 6.41.